The molecule has 2 amide bonds. The molecule has 9 nitrogen and oxygen atoms in total. The summed E-state index contributed by atoms with van der Waals surface area (Å²) in [7, 11) is -1.50. The number of carbonyl (C=O) groups is 2. The molecule has 0 aromatic heterocycles. The summed E-state index contributed by atoms with van der Waals surface area (Å²) < 4.78 is 40.3. The Bertz CT molecular complexity index is 1750. The number of ether oxygens (including phenoxy) is 2. The van der Waals surface area contributed by atoms with Gasteiger partial charge >= 0.3 is 0 Å². The van der Waals surface area contributed by atoms with Gasteiger partial charge in [0.1, 0.15) is 12.6 Å². The third-order valence-corrected chi connectivity index (χ3v) is 9.95. The number of nitrogens with zero attached hydrogens (tertiary/aromatic N) is 2. The molecule has 0 radical (unpaired) electrons. The number of para-hydroxylation sites is 1. The highest BCUT2D eigenvalue weighted by Gasteiger charge is 2.35. The summed E-state index contributed by atoms with van der Waals surface area (Å²) in [4.78, 5) is 29.6. The summed E-state index contributed by atoms with van der Waals surface area (Å²) in [6.45, 7) is 1.54. The van der Waals surface area contributed by atoms with Crippen LogP contribution in [0.2, 0.25) is 10.0 Å². The lowest BCUT2D eigenvalue weighted by Gasteiger charge is -2.34. The molecule has 4 aromatic carbocycles. The molecule has 1 N–H and O–H groups in total. The van der Waals surface area contributed by atoms with E-state index >= 15 is 0 Å². The average molecular weight is 699 g/mol. The summed E-state index contributed by atoms with van der Waals surface area (Å²) in [5, 5.41) is 3.52. The summed E-state index contributed by atoms with van der Waals surface area (Å²) in [5.41, 5.74) is 1.49. The molecular formula is C35H37Cl2N3O6S. The van der Waals surface area contributed by atoms with Crippen LogP contribution < -0.4 is 19.1 Å². The molecule has 0 aliphatic carbocycles. The molecule has 0 fully saturated rings. The van der Waals surface area contributed by atoms with Crippen molar-refractivity contribution in [1.29, 1.82) is 0 Å². The van der Waals surface area contributed by atoms with E-state index in [2.05, 4.69) is 5.32 Å². The van der Waals surface area contributed by atoms with Crippen LogP contribution in [0.15, 0.2) is 102 Å². The number of hydrogen-bond acceptors (Lipinski definition) is 6. The van der Waals surface area contributed by atoms with Crippen LogP contribution in [0, 0.1) is 0 Å². The molecule has 4 rings (SSSR count). The maximum Gasteiger partial charge on any atom is 0.264 e. The number of anilines is 1. The highest BCUT2D eigenvalue weighted by molar-refractivity contribution is 7.92. The zero-order valence-electron chi connectivity index (χ0n) is 26.4. The van der Waals surface area contributed by atoms with Gasteiger partial charge in [-0.1, -0.05) is 84.7 Å². The third kappa shape index (κ3) is 8.77. The van der Waals surface area contributed by atoms with Gasteiger partial charge in [-0.05, 0) is 48.4 Å². The van der Waals surface area contributed by atoms with Crippen molar-refractivity contribution >= 4 is 50.7 Å². The lowest BCUT2D eigenvalue weighted by molar-refractivity contribution is -0.140. The van der Waals surface area contributed by atoms with Crippen molar-refractivity contribution in [2.45, 2.75) is 37.2 Å². The Kier molecular flexibility index (Phi) is 12.5. The van der Waals surface area contributed by atoms with Crippen molar-refractivity contribution in [3.63, 3.8) is 0 Å². The quantitative estimate of drug-likeness (QED) is 0.155. The molecule has 47 heavy (non-hydrogen) atoms. The lowest BCUT2D eigenvalue weighted by Crippen LogP contribution is -2.53. The molecule has 0 saturated heterocycles. The van der Waals surface area contributed by atoms with Crippen LogP contribution in [0.4, 0.5) is 5.69 Å². The lowest BCUT2D eigenvalue weighted by atomic mass is 10.0. The molecule has 4 aromatic rings. The Morgan fingerprint density at radius 2 is 1.45 bits per heavy atom. The SMILES string of the molecule is CCCNC(=O)[C@@H](Cc1ccccc1)N(Cc1c(Cl)cccc1Cl)C(=O)CN(c1ccccc1)S(=O)(=O)c1ccc(OC)c(OC)c1. The van der Waals surface area contributed by atoms with Crippen LogP contribution in [0.5, 0.6) is 11.5 Å². The van der Waals surface area contributed by atoms with Crippen molar-refractivity contribution in [2.75, 3.05) is 31.6 Å². The molecular weight excluding hydrogens is 661 g/mol. The van der Waals surface area contributed by atoms with Gasteiger partial charge in [0.05, 0.1) is 24.8 Å². The van der Waals surface area contributed by atoms with Crippen LogP contribution in [-0.4, -0.2) is 58.5 Å². The topological polar surface area (TPSA) is 105 Å². The third-order valence-electron chi connectivity index (χ3n) is 7.48. The Morgan fingerprint density at radius 3 is 2.04 bits per heavy atom. The van der Waals surface area contributed by atoms with Gasteiger partial charge in [0, 0.05) is 41.2 Å². The fraction of sp³-hybridized carbons (Fsp3) is 0.257. The van der Waals surface area contributed by atoms with E-state index in [1.807, 2.05) is 37.3 Å². The average Bonchev–Trinajstić information content (AvgIpc) is 3.09. The molecule has 12 heteroatoms. The number of sulfonamides is 1. The number of nitrogens with one attached hydrogen (secondary N) is 1. The number of benzene rings is 4. The number of hydrogen-bond donors (Lipinski definition) is 1. The number of methoxy groups -OCH3 is 2. The number of amides is 2. The van der Waals surface area contributed by atoms with Gasteiger partial charge in [0.2, 0.25) is 11.8 Å². The van der Waals surface area contributed by atoms with Gasteiger partial charge in [-0.25, -0.2) is 8.42 Å². The predicted molar refractivity (Wildman–Crippen MR) is 185 cm³/mol. The van der Waals surface area contributed by atoms with E-state index in [4.69, 9.17) is 32.7 Å². The molecule has 1 atom stereocenters. The number of rotatable bonds is 15. The second-order valence-corrected chi connectivity index (χ2v) is 13.3. The van der Waals surface area contributed by atoms with E-state index in [1.54, 1.807) is 48.5 Å². The van der Waals surface area contributed by atoms with Crippen molar-refractivity contribution in [2.24, 2.45) is 0 Å². The first-order valence-electron chi connectivity index (χ1n) is 14.9. The van der Waals surface area contributed by atoms with E-state index in [1.165, 1.54) is 37.3 Å². The van der Waals surface area contributed by atoms with E-state index in [0.717, 1.165) is 9.87 Å². The molecule has 0 aliphatic rings. The maximum absolute atomic E-state index is 14.6. The molecule has 0 aliphatic heterocycles. The standard InChI is InChI=1S/C35H37Cl2N3O6S/c1-4-20-38-35(42)31(21-25-12-7-5-8-13-25)39(23-28-29(36)16-11-17-30(28)37)34(41)24-40(26-14-9-6-10-15-26)47(43,44)27-18-19-32(45-2)33(22-27)46-3/h5-19,22,31H,4,20-21,23-24H2,1-3H3,(H,38,42)/t31-/m1/s1. The second kappa shape index (κ2) is 16.5. The Balaban J connectivity index is 1.83. The molecule has 0 unspecified atom stereocenters. The first-order chi connectivity index (χ1) is 22.6. The zero-order chi connectivity index (χ0) is 34.0. The summed E-state index contributed by atoms with van der Waals surface area (Å²) in [6, 6.07) is 25.7. The van der Waals surface area contributed by atoms with Crippen LogP contribution in [0.1, 0.15) is 24.5 Å². The highest BCUT2D eigenvalue weighted by Crippen LogP contribution is 2.33. The van der Waals surface area contributed by atoms with Gasteiger partial charge in [-0.15, -0.1) is 0 Å². The van der Waals surface area contributed by atoms with Crippen molar-refractivity contribution < 1.29 is 27.5 Å². The van der Waals surface area contributed by atoms with Gasteiger partial charge in [0.25, 0.3) is 10.0 Å². The highest BCUT2D eigenvalue weighted by atomic mass is 35.5. The second-order valence-electron chi connectivity index (χ2n) is 10.6. The van der Waals surface area contributed by atoms with Gasteiger partial charge in [-0.2, -0.15) is 0 Å². The maximum atomic E-state index is 14.6. The van der Waals surface area contributed by atoms with Gasteiger partial charge < -0.3 is 19.7 Å². The van der Waals surface area contributed by atoms with Gasteiger partial charge in [-0.3, -0.25) is 13.9 Å². The van der Waals surface area contributed by atoms with Crippen LogP contribution in [0.3, 0.4) is 0 Å². The minimum atomic E-state index is -4.35. The minimum Gasteiger partial charge on any atom is -0.493 e. The van der Waals surface area contributed by atoms with Crippen LogP contribution in [0.25, 0.3) is 0 Å². The smallest absolute Gasteiger partial charge is 0.264 e. The monoisotopic (exact) mass is 697 g/mol. The summed E-state index contributed by atoms with van der Waals surface area (Å²) in [5.74, 6) is -0.473. The molecule has 0 spiro atoms. The largest absolute Gasteiger partial charge is 0.493 e. The predicted octanol–water partition coefficient (Wildman–Crippen LogP) is 6.37. The molecule has 0 heterocycles. The molecule has 248 valence electrons. The van der Waals surface area contributed by atoms with Gasteiger partial charge in [0.15, 0.2) is 11.5 Å². The van der Waals surface area contributed by atoms with Crippen molar-refractivity contribution in [1.82, 2.24) is 10.2 Å². The Morgan fingerprint density at radius 1 is 0.830 bits per heavy atom. The van der Waals surface area contributed by atoms with Crippen LogP contribution >= 0.6 is 23.2 Å². The van der Waals surface area contributed by atoms with E-state index in [9.17, 15) is 18.0 Å². The van der Waals surface area contributed by atoms with Crippen molar-refractivity contribution in [3.8, 4) is 11.5 Å². The Labute approximate surface area is 286 Å². The molecule has 0 bridgehead atoms. The number of halogens is 2. The summed E-state index contributed by atoms with van der Waals surface area (Å²) >= 11 is 13.1. The van der Waals surface area contributed by atoms with Crippen LogP contribution in [-0.2, 0) is 32.6 Å². The fourth-order valence-corrected chi connectivity index (χ4v) is 6.95. The van der Waals surface area contributed by atoms with E-state index in [0.29, 0.717) is 34.3 Å². The van der Waals surface area contributed by atoms with E-state index in [-0.39, 0.29) is 35.2 Å². The molecule has 0 saturated carbocycles. The number of carbonyl (C=O) groups excluding carboxylic acids is 2. The zero-order valence-corrected chi connectivity index (χ0v) is 28.7. The first-order valence-corrected chi connectivity index (χ1v) is 17.1. The Hall–Kier alpha value is -4.25. The first kappa shape index (κ1) is 35.6. The van der Waals surface area contributed by atoms with Crippen molar-refractivity contribution in [3.05, 3.63) is 118 Å². The normalized spacial score (nSPS) is 11.8. The van der Waals surface area contributed by atoms with E-state index < -0.39 is 28.5 Å². The summed E-state index contributed by atoms with van der Waals surface area (Å²) in [6.07, 6.45) is 0.845. The fourth-order valence-electron chi connectivity index (χ4n) is 5.00. The minimum absolute atomic E-state index is 0.117.